The summed E-state index contributed by atoms with van der Waals surface area (Å²) in [6.45, 7) is 2.10. The summed E-state index contributed by atoms with van der Waals surface area (Å²) in [6.07, 6.45) is 5.26. The van der Waals surface area contributed by atoms with Crippen molar-refractivity contribution in [2.45, 2.75) is 45.4 Å². The summed E-state index contributed by atoms with van der Waals surface area (Å²) in [5.41, 5.74) is 5.00. The fourth-order valence-electron chi connectivity index (χ4n) is 1.41. The van der Waals surface area contributed by atoms with E-state index in [1.807, 2.05) is 0 Å². The third kappa shape index (κ3) is 8.68. The van der Waals surface area contributed by atoms with Gasteiger partial charge in [0.05, 0.1) is 25.6 Å². The van der Waals surface area contributed by atoms with Crippen LogP contribution in [0, 0.1) is 5.92 Å². The summed E-state index contributed by atoms with van der Waals surface area (Å²) in [5.74, 6) is -1.98. The second-order valence-corrected chi connectivity index (χ2v) is 4.12. The van der Waals surface area contributed by atoms with Crippen LogP contribution in [0.5, 0.6) is 0 Å². The number of primary amides is 1. The van der Waals surface area contributed by atoms with E-state index in [1.165, 1.54) is 12.8 Å². The van der Waals surface area contributed by atoms with Gasteiger partial charge in [0.15, 0.2) is 0 Å². The highest BCUT2D eigenvalue weighted by atomic mass is 16.5. The van der Waals surface area contributed by atoms with Crippen LogP contribution in [0.3, 0.4) is 0 Å². The largest absolute Gasteiger partial charge is 0.466 e. The van der Waals surface area contributed by atoms with Gasteiger partial charge in [0, 0.05) is 0 Å². The molecule has 0 aromatic carbocycles. The maximum Gasteiger partial charge on any atom is 0.306 e. The van der Waals surface area contributed by atoms with Gasteiger partial charge in [-0.3, -0.25) is 9.59 Å². The van der Waals surface area contributed by atoms with Crippen molar-refractivity contribution in [1.29, 1.82) is 0 Å². The third-order valence-corrected chi connectivity index (χ3v) is 2.55. The predicted molar refractivity (Wildman–Crippen MR) is 64.1 cm³/mol. The van der Waals surface area contributed by atoms with Crippen molar-refractivity contribution in [3.8, 4) is 0 Å². The van der Waals surface area contributed by atoms with Crippen molar-refractivity contribution in [2.75, 3.05) is 13.2 Å². The Labute approximate surface area is 102 Å². The second-order valence-electron chi connectivity index (χ2n) is 4.12. The maximum absolute atomic E-state index is 11.3. The van der Waals surface area contributed by atoms with Crippen LogP contribution < -0.4 is 5.73 Å². The molecule has 17 heavy (non-hydrogen) atoms. The average molecular weight is 245 g/mol. The standard InChI is InChI=1S/C12H23NO4/c1-2-3-4-5-6-7-17-11(15)8-10(9-14)12(13)16/h10,14H,2-9H2,1H3,(H2,13,16). The summed E-state index contributed by atoms with van der Waals surface area (Å²) >= 11 is 0. The Bertz CT molecular complexity index is 231. The summed E-state index contributed by atoms with van der Waals surface area (Å²) in [7, 11) is 0. The zero-order valence-electron chi connectivity index (χ0n) is 10.5. The highest BCUT2D eigenvalue weighted by Gasteiger charge is 2.19. The molecule has 0 radical (unpaired) electrons. The van der Waals surface area contributed by atoms with Crippen LogP contribution in [0.15, 0.2) is 0 Å². The minimum atomic E-state index is -0.831. The number of aliphatic hydroxyl groups excluding tert-OH is 1. The van der Waals surface area contributed by atoms with Crippen molar-refractivity contribution in [3.05, 3.63) is 0 Å². The van der Waals surface area contributed by atoms with Gasteiger partial charge < -0.3 is 15.6 Å². The van der Waals surface area contributed by atoms with E-state index in [1.54, 1.807) is 0 Å². The number of hydrogen-bond donors (Lipinski definition) is 2. The van der Waals surface area contributed by atoms with Gasteiger partial charge in [-0.05, 0) is 6.42 Å². The molecule has 5 heteroatoms. The first-order valence-electron chi connectivity index (χ1n) is 6.17. The summed E-state index contributed by atoms with van der Waals surface area (Å²) in [4.78, 5) is 22.0. The molecule has 0 aromatic heterocycles. The number of esters is 1. The van der Waals surface area contributed by atoms with Gasteiger partial charge in [0.25, 0.3) is 0 Å². The molecule has 100 valence electrons. The number of rotatable bonds is 10. The van der Waals surface area contributed by atoms with E-state index >= 15 is 0 Å². The van der Waals surface area contributed by atoms with Gasteiger partial charge in [-0.15, -0.1) is 0 Å². The summed E-state index contributed by atoms with van der Waals surface area (Å²) in [5, 5.41) is 8.81. The lowest BCUT2D eigenvalue weighted by atomic mass is 10.1. The molecule has 0 heterocycles. The quantitative estimate of drug-likeness (QED) is 0.443. The summed E-state index contributed by atoms with van der Waals surface area (Å²) in [6, 6.07) is 0. The highest BCUT2D eigenvalue weighted by molar-refractivity contribution is 5.82. The number of aliphatic hydroxyl groups is 1. The smallest absolute Gasteiger partial charge is 0.306 e. The van der Waals surface area contributed by atoms with E-state index < -0.39 is 24.4 Å². The molecule has 0 aromatic rings. The Balaban J connectivity index is 3.55. The molecule has 0 rings (SSSR count). The van der Waals surface area contributed by atoms with E-state index in [4.69, 9.17) is 15.6 Å². The molecule has 1 unspecified atom stereocenters. The van der Waals surface area contributed by atoms with Crippen LogP contribution in [0.25, 0.3) is 0 Å². The first-order valence-corrected chi connectivity index (χ1v) is 6.17. The van der Waals surface area contributed by atoms with Crippen LogP contribution in [0.1, 0.15) is 45.4 Å². The fourth-order valence-corrected chi connectivity index (χ4v) is 1.41. The first-order chi connectivity index (χ1) is 8.11. The zero-order chi connectivity index (χ0) is 13.1. The van der Waals surface area contributed by atoms with Gasteiger partial charge in [-0.25, -0.2) is 0 Å². The fraction of sp³-hybridized carbons (Fsp3) is 0.833. The number of unbranched alkanes of at least 4 members (excludes halogenated alkanes) is 4. The molecule has 0 bridgehead atoms. The first kappa shape index (κ1) is 15.9. The Kier molecular flexibility index (Phi) is 9.43. The molecule has 0 spiro atoms. The Morgan fingerprint density at radius 1 is 1.24 bits per heavy atom. The number of amides is 1. The monoisotopic (exact) mass is 245 g/mol. The highest BCUT2D eigenvalue weighted by Crippen LogP contribution is 2.05. The molecule has 0 aliphatic heterocycles. The van der Waals surface area contributed by atoms with E-state index in [0.717, 1.165) is 19.3 Å². The average Bonchev–Trinajstić information content (AvgIpc) is 2.30. The topological polar surface area (TPSA) is 89.6 Å². The lowest BCUT2D eigenvalue weighted by Gasteiger charge is -2.09. The van der Waals surface area contributed by atoms with E-state index in [9.17, 15) is 9.59 Å². The molecule has 0 fully saturated rings. The molecule has 1 atom stereocenters. The second kappa shape index (κ2) is 10.1. The minimum Gasteiger partial charge on any atom is -0.466 e. The molecule has 0 saturated heterocycles. The van der Waals surface area contributed by atoms with Crippen molar-refractivity contribution in [1.82, 2.24) is 0 Å². The zero-order valence-corrected chi connectivity index (χ0v) is 10.5. The molecule has 3 N–H and O–H groups in total. The van der Waals surface area contributed by atoms with Crippen LogP contribution in [0.2, 0.25) is 0 Å². The van der Waals surface area contributed by atoms with Gasteiger partial charge >= 0.3 is 5.97 Å². The Morgan fingerprint density at radius 3 is 2.41 bits per heavy atom. The van der Waals surface area contributed by atoms with Gasteiger partial charge in [-0.1, -0.05) is 32.6 Å². The molecule has 0 aliphatic rings. The van der Waals surface area contributed by atoms with Crippen molar-refractivity contribution >= 4 is 11.9 Å². The van der Waals surface area contributed by atoms with Gasteiger partial charge in [0.2, 0.25) is 5.91 Å². The van der Waals surface area contributed by atoms with E-state index in [2.05, 4.69) is 6.92 Å². The van der Waals surface area contributed by atoms with Gasteiger partial charge in [0.1, 0.15) is 0 Å². The van der Waals surface area contributed by atoms with Crippen molar-refractivity contribution in [3.63, 3.8) is 0 Å². The molecular weight excluding hydrogens is 222 g/mol. The minimum absolute atomic E-state index is 0.138. The molecule has 5 nitrogen and oxygen atoms in total. The number of carbonyl (C=O) groups is 2. The van der Waals surface area contributed by atoms with E-state index in [0.29, 0.717) is 6.61 Å². The lowest BCUT2D eigenvalue weighted by molar-refractivity contribution is -0.147. The van der Waals surface area contributed by atoms with Crippen LogP contribution in [0.4, 0.5) is 0 Å². The number of ether oxygens (including phenoxy) is 1. The van der Waals surface area contributed by atoms with Crippen LogP contribution in [-0.4, -0.2) is 30.2 Å². The molecular formula is C12H23NO4. The maximum atomic E-state index is 11.3. The van der Waals surface area contributed by atoms with Crippen LogP contribution >= 0.6 is 0 Å². The molecule has 1 amide bonds. The lowest BCUT2D eigenvalue weighted by Crippen LogP contribution is -2.29. The summed E-state index contributed by atoms with van der Waals surface area (Å²) < 4.78 is 4.95. The Morgan fingerprint density at radius 2 is 1.88 bits per heavy atom. The predicted octanol–water partition coefficient (Wildman–Crippen LogP) is 0.984. The molecule has 0 saturated carbocycles. The number of carbonyl (C=O) groups excluding carboxylic acids is 2. The van der Waals surface area contributed by atoms with Crippen molar-refractivity contribution in [2.24, 2.45) is 11.7 Å². The third-order valence-electron chi connectivity index (χ3n) is 2.55. The Hall–Kier alpha value is -1.10. The molecule has 0 aliphatic carbocycles. The number of nitrogens with two attached hydrogens (primary N) is 1. The normalized spacial score (nSPS) is 12.1. The SMILES string of the molecule is CCCCCCCOC(=O)CC(CO)C(N)=O. The number of hydrogen-bond acceptors (Lipinski definition) is 4. The van der Waals surface area contributed by atoms with Crippen molar-refractivity contribution < 1.29 is 19.4 Å². The van der Waals surface area contributed by atoms with Gasteiger partial charge in [-0.2, -0.15) is 0 Å². The van der Waals surface area contributed by atoms with E-state index in [-0.39, 0.29) is 6.42 Å². The van der Waals surface area contributed by atoms with Crippen LogP contribution in [-0.2, 0) is 14.3 Å².